The highest BCUT2D eigenvalue weighted by molar-refractivity contribution is 8.15. The van der Waals surface area contributed by atoms with Gasteiger partial charge in [0.1, 0.15) is 5.04 Å². The molecule has 13 heavy (non-hydrogen) atoms. The van der Waals surface area contributed by atoms with Crippen molar-refractivity contribution in [3.63, 3.8) is 0 Å². The Labute approximate surface area is 85.7 Å². The van der Waals surface area contributed by atoms with Crippen LogP contribution in [0.25, 0.3) is 0 Å². The van der Waals surface area contributed by atoms with Gasteiger partial charge in [0.25, 0.3) is 0 Å². The zero-order valence-electron chi connectivity index (χ0n) is 6.72. The number of hydrogen-bond acceptors (Lipinski definition) is 4. The SMILES string of the molecule is NC1SC(c2ccccc2)=NN1Cl. The predicted octanol–water partition coefficient (Wildman–Crippen LogP) is 1.79. The van der Waals surface area contributed by atoms with Crippen molar-refractivity contribution < 1.29 is 0 Å². The molecule has 0 aliphatic carbocycles. The van der Waals surface area contributed by atoms with Gasteiger partial charge in [0.2, 0.25) is 0 Å². The molecule has 0 radical (unpaired) electrons. The number of hydrogen-bond donors (Lipinski definition) is 1. The van der Waals surface area contributed by atoms with Gasteiger partial charge in [-0.15, -0.1) is 0 Å². The summed E-state index contributed by atoms with van der Waals surface area (Å²) in [5.41, 5.74) is 6.41. The van der Waals surface area contributed by atoms with Gasteiger partial charge in [0, 0.05) is 17.3 Å². The van der Waals surface area contributed by atoms with Crippen LogP contribution < -0.4 is 5.73 Å². The minimum atomic E-state index is -0.281. The average Bonchev–Trinajstić information content (AvgIpc) is 2.49. The van der Waals surface area contributed by atoms with Gasteiger partial charge in [0.05, 0.1) is 0 Å². The molecule has 0 aromatic heterocycles. The van der Waals surface area contributed by atoms with E-state index in [1.54, 1.807) is 0 Å². The van der Waals surface area contributed by atoms with E-state index in [1.807, 2.05) is 30.3 Å². The lowest BCUT2D eigenvalue weighted by Gasteiger charge is -2.06. The topological polar surface area (TPSA) is 41.6 Å². The molecule has 2 N–H and O–H groups in total. The van der Waals surface area contributed by atoms with E-state index in [4.69, 9.17) is 17.5 Å². The lowest BCUT2D eigenvalue weighted by Crippen LogP contribution is -2.24. The summed E-state index contributed by atoms with van der Waals surface area (Å²) in [5.74, 6) is 0. The fourth-order valence-corrected chi connectivity index (χ4v) is 2.04. The van der Waals surface area contributed by atoms with E-state index < -0.39 is 0 Å². The van der Waals surface area contributed by atoms with Crippen LogP contribution in [0, 0.1) is 0 Å². The fourth-order valence-electron chi connectivity index (χ4n) is 1.03. The minimum absolute atomic E-state index is 0.281. The number of hydrazone groups is 1. The zero-order chi connectivity index (χ0) is 9.26. The van der Waals surface area contributed by atoms with E-state index in [2.05, 4.69) is 5.10 Å². The molecular weight excluding hydrogens is 206 g/mol. The van der Waals surface area contributed by atoms with E-state index in [1.165, 1.54) is 16.3 Å². The number of halogens is 1. The maximum Gasteiger partial charge on any atom is 0.165 e. The third-order valence-electron chi connectivity index (χ3n) is 1.65. The second kappa shape index (κ2) is 3.57. The largest absolute Gasteiger partial charge is 0.300 e. The molecule has 68 valence electrons. The molecule has 1 aromatic rings. The summed E-state index contributed by atoms with van der Waals surface area (Å²) in [4.78, 5) is 0. The first-order valence-corrected chi connectivity index (χ1v) is 5.00. The molecule has 0 fully saturated rings. The van der Waals surface area contributed by atoms with Crippen LogP contribution in [0.2, 0.25) is 0 Å². The lowest BCUT2D eigenvalue weighted by atomic mass is 10.2. The highest BCUT2D eigenvalue weighted by Gasteiger charge is 2.23. The van der Waals surface area contributed by atoms with E-state index in [9.17, 15) is 0 Å². The Hall–Kier alpha value is -0.710. The molecule has 0 spiro atoms. The average molecular weight is 214 g/mol. The first-order chi connectivity index (χ1) is 6.27. The summed E-state index contributed by atoms with van der Waals surface area (Å²) in [7, 11) is 0. The van der Waals surface area contributed by atoms with Crippen molar-refractivity contribution in [1.82, 2.24) is 4.53 Å². The predicted molar refractivity (Wildman–Crippen MR) is 56.2 cm³/mol. The molecule has 2 rings (SSSR count). The molecule has 0 saturated carbocycles. The highest BCUT2D eigenvalue weighted by Crippen LogP contribution is 2.27. The smallest absolute Gasteiger partial charge is 0.165 e. The summed E-state index contributed by atoms with van der Waals surface area (Å²) in [6, 6.07) is 9.84. The van der Waals surface area contributed by atoms with Crippen LogP contribution in [0.5, 0.6) is 0 Å². The monoisotopic (exact) mass is 213 g/mol. The quantitative estimate of drug-likeness (QED) is 0.724. The first kappa shape index (κ1) is 8.87. The van der Waals surface area contributed by atoms with Crippen LogP contribution in [-0.2, 0) is 0 Å². The summed E-state index contributed by atoms with van der Waals surface area (Å²) in [6.07, 6.45) is 0. The maximum atomic E-state index is 5.71. The second-order valence-electron chi connectivity index (χ2n) is 2.57. The summed E-state index contributed by atoms with van der Waals surface area (Å²) in [6.45, 7) is 0. The van der Waals surface area contributed by atoms with Gasteiger partial charge in [-0.3, -0.25) is 5.73 Å². The summed E-state index contributed by atoms with van der Waals surface area (Å²) in [5, 5.41) is 4.96. The Morgan fingerprint density at radius 3 is 2.62 bits per heavy atom. The van der Waals surface area contributed by atoms with Gasteiger partial charge in [-0.25, -0.2) is 0 Å². The summed E-state index contributed by atoms with van der Waals surface area (Å²) >= 11 is 7.16. The number of rotatable bonds is 1. The standard InChI is InChI=1S/C8H8ClN3S/c9-12-8(10)13-7(11-12)6-4-2-1-3-5-6/h1-5,8H,10H2. The van der Waals surface area contributed by atoms with Crippen molar-refractivity contribution in [1.29, 1.82) is 0 Å². The van der Waals surface area contributed by atoms with Gasteiger partial charge in [-0.1, -0.05) is 42.1 Å². The third kappa shape index (κ3) is 1.80. The maximum absolute atomic E-state index is 5.71. The normalized spacial score (nSPS) is 21.8. The van der Waals surface area contributed by atoms with Crippen LogP contribution in [0.1, 0.15) is 5.56 Å². The number of benzene rings is 1. The van der Waals surface area contributed by atoms with Gasteiger partial charge < -0.3 is 0 Å². The van der Waals surface area contributed by atoms with Gasteiger partial charge >= 0.3 is 0 Å². The molecule has 0 bridgehead atoms. The molecule has 1 aliphatic rings. The molecule has 5 heteroatoms. The van der Waals surface area contributed by atoms with Gasteiger partial charge in [-0.2, -0.15) is 9.63 Å². The Balaban J connectivity index is 2.25. The van der Waals surface area contributed by atoms with E-state index >= 15 is 0 Å². The van der Waals surface area contributed by atoms with Crippen LogP contribution in [-0.4, -0.2) is 15.1 Å². The van der Waals surface area contributed by atoms with E-state index in [-0.39, 0.29) is 5.50 Å². The molecule has 1 atom stereocenters. The number of thioether (sulfide) groups is 1. The van der Waals surface area contributed by atoms with Crippen LogP contribution in [0.3, 0.4) is 0 Å². The summed E-state index contributed by atoms with van der Waals surface area (Å²) < 4.78 is 1.24. The Kier molecular flexibility index (Phi) is 2.44. The molecular formula is C8H8ClN3S. The van der Waals surface area contributed by atoms with Gasteiger partial charge in [0.15, 0.2) is 5.50 Å². The minimum Gasteiger partial charge on any atom is -0.300 e. The van der Waals surface area contributed by atoms with Gasteiger partial charge in [-0.05, 0) is 0 Å². The Morgan fingerprint density at radius 1 is 1.38 bits per heavy atom. The van der Waals surface area contributed by atoms with E-state index in [0.717, 1.165) is 10.6 Å². The van der Waals surface area contributed by atoms with Crippen LogP contribution in [0.15, 0.2) is 35.4 Å². The Morgan fingerprint density at radius 2 is 2.08 bits per heavy atom. The fraction of sp³-hybridized carbons (Fsp3) is 0.125. The number of nitrogens with zero attached hydrogens (tertiary/aromatic N) is 2. The van der Waals surface area contributed by atoms with Crippen molar-refractivity contribution >= 4 is 28.6 Å². The van der Waals surface area contributed by atoms with Crippen molar-refractivity contribution in [2.24, 2.45) is 10.8 Å². The van der Waals surface area contributed by atoms with E-state index in [0.29, 0.717) is 0 Å². The number of nitrogens with two attached hydrogens (primary N) is 1. The molecule has 0 saturated heterocycles. The Bertz CT molecular complexity index is 327. The lowest BCUT2D eigenvalue weighted by molar-refractivity contribution is 0.478. The zero-order valence-corrected chi connectivity index (χ0v) is 8.29. The second-order valence-corrected chi connectivity index (χ2v) is 4.02. The van der Waals surface area contributed by atoms with Crippen LogP contribution in [0.4, 0.5) is 0 Å². The highest BCUT2D eigenvalue weighted by atomic mass is 35.5. The first-order valence-electron chi connectivity index (χ1n) is 3.78. The molecule has 1 aliphatic heterocycles. The molecule has 1 unspecified atom stereocenters. The third-order valence-corrected chi connectivity index (χ3v) is 3.03. The molecule has 3 nitrogen and oxygen atoms in total. The van der Waals surface area contributed by atoms with Crippen molar-refractivity contribution in [3.8, 4) is 0 Å². The van der Waals surface area contributed by atoms with Crippen LogP contribution >= 0.6 is 23.5 Å². The molecule has 0 amide bonds. The van der Waals surface area contributed by atoms with Crippen molar-refractivity contribution in [2.45, 2.75) is 5.50 Å². The molecule has 1 heterocycles. The van der Waals surface area contributed by atoms with Crippen molar-refractivity contribution in [3.05, 3.63) is 35.9 Å². The van der Waals surface area contributed by atoms with Crippen molar-refractivity contribution in [2.75, 3.05) is 0 Å². The molecule has 1 aromatic carbocycles.